The molecule has 2 rings (SSSR count). The predicted octanol–water partition coefficient (Wildman–Crippen LogP) is 2.40. The third kappa shape index (κ3) is 4.83. The Morgan fingerprint density at radius 3 is 2.36 bits per heavy atom. The SMILES string of the molecule is CNC(=O)c1ccc(C[NH+](C)Cc2cc(C(C)C)c(C)cc2O)cc1. The van der Waals surface area contributed by atoms with Crippen LogP contribution in [0, 0.1) is 6.92 Å². The van der Waals surface area contributed by atoms with Gasteiger partial charge in [0, 0.05) is 23.7 Å². The summed E-state index contributed by atoms with van der Waals surface area (Å²) in [6, 6.07) is 11.7. The lowest BCUT2D eigenvalue weighted by atomic mass is 9.95. The van der Waals surface area contributed by atoms with Crippen LogP contribution in [0.1, 0.15) is 52.4 Å². The Morgan fingerprint density at radius 2 is 1.80 bits per heavy atom. The first-order valence-electron chi connectivity index (χ1n) is 8.76. The van der Waals surface area contributed by atoms with Crippen molar-refractivity contribution in [2.24, 2.45) is 0 Å². The van der Waals surface area contributed by atoms with Gasteiger partial charge in [0.25, 0.3) is 5.91 Å². The van der Waals surface area contributed by atoms with Crippen LogP contribution in [0.15, 0.2) is 36.4 Å². The van der Waals surface area contributed by atoms with E-state index in [1.165, 1.54) is 16.0 Å². The van der Waals surface area contributed by atoms with Gasteiger partial charge in [-0.25, -0.2) is 0 Å². The molecule has 1 unspecified atom stereocenters. The number of benzene rings is 2. The largest absolute Gasteiger partial charge is 0.507 e. The van der Waals surface area contributed by atoms with Crippen LogP contribution in [0.2, 0.25) is 0 Å². The van der Waals surface area contributed by atoms with E-state index in [1.807, 2.05) is 37.3 Å². The number of phenols is 1. The summed E-state index contributed by atoms with van der Waals surface area (Å²) in [7, 11) is 3.74. The molecule has 0 spiro atoms. The highest BCUT2D eigenvalue weighted by molar-refractivity contribution is 5.93. The number of amides is 1. The number of quaternary nitrogens is 1. The lowest BCUT2D eigenvalue weighted by Gasteiger charge is -2.18. The van der Waals surface area contributed by atoms with Gasteiger partial charge in [-0.05, 0) is 48.2 Å². The van der Waals surface area contributed by atoms with Crippen molar-refractivity contribution in [2.75, 3.05) is 14.1 Å². The van der Waals surface area contributed by atoms with Gasteiger partial charge in [0.05, 0.1) is 7.05 Å². The Bertz CT molecular complexity index is 736. The van der Waals surface area contributed by atoms with Crippen LogP contribution in [0.4, 0.5) is 0 Å². The number of nitrogens with one attached hydrogen (secondary N) is 2. The highest BCUT2D eigenvalue weighted by Gasteiger charge is 2.14. The molecule has 1 atom stereocenters. The second kappa shape index (κ2) is 8.17. The molecule has 4 nitrogen and oxygen atoms in total. The molecule has 0 aliphatic heterocycles. The van der Waals surface area contributed by atoms with Crippen LogP contribution in [-0.2, 0) is 13.1 Å². The molecule has 1 amide bonds. The van der Waals surface area contributed by atoms with E-state index in [-0.39, 0.29) is 5.91 Å². The van der Waals surface area contributed by atoms with Gasteiger partial charge in [-0.15, -0.1) is 0 Å². The van der Waals surface area contributed by atoms with E-state index in [0.717, 1.165) is 24.2 Å². The summed E-state index contributed by atoms with van der Waals surface area (Å²) in [6.07, 6.45) is 0. The van der Waals surface area contributed by atoms with Gasteiger partial charge in [0.1, 0.15) is 18.8 Å². The molecule has 134 valence electrons. The Balaban J connectivity index is 2.08. The van der Waals surface area contributed by atoms with Gasteiger partial charge in [-0.2, -0.15) is 0 Å². The molecule has 0 saturated carbocycles. The Hall–Kier alpha value is -2.33. The molecule has 2 aromatic carbocycles. The van der Waals surface area contributed by atoms with Gasteiger partial charge in [-0.1, -0.05) is 26.0 Å². The minimum absolute atomic E-state index is 0.0713. The lowest BCUT2D eigenvalue weighted by molar-refractivity contribution is -0.907. The molecule has 0 radical (unpaired) electrons. The van der Waals surface area contributed by atoms with Gasteiger partial charge in [0.15, 0.2) is 0 Å². The van der Waals surface area contributed by atoms with Crippen LogP contribution < -0.4 is 10.2 Å². The van der Waals surface area contributed by atoms with E-state index in [1.54, 1.807) is 7.05 Å². The average molecular weight is 341 g/mol. The number of carbonyl (C=O) groups excluding carboxylic acids is 1. The molecular weight excluding hydrogens is 312 g/mol. The Labute approximate surface area is 150 Å². The average Bonchev–Trinajstić information content (AvgIpc) is 2.57. The first kappa shape index (κ1) is 19.0. The summed E-state index contributed by atoms with van der Waals surface area (Å²) in [4.78, 5) is 12.9. The number of hydrogen-bond acceptors (Lipinski definition) is 2. The predicted molar refractivity (Wildman–Crippen MR) is 101 cm³/mol. The second-order valence-corrected chi connectivity index (χ2v) is 7.08. The molecule has 0 aromatic heterocycles. The maximum atomic E-state index is 11.6. The fourth-order valence-corrected chi connectivity index (χ4v) is 3.17. The molecule has 0 bridgehead atoms. The smallest absolute Gasteiger partial charge is 0.251 e. The molecule has 2 aromatic rings. The van der Waals surface area contributed by atoms with E-state index < -0.39 is 0 Å². The van der Waals surface area contributed by atoms with Crippen LogP contribution in [0.5, 0.6) is 5.75 Å². The van der Waals surface area contributed by atoms with E-state index in [4.69, 9.17) is 0 Å². The molecule has 0 heterocycles. The number of aromatic hydroxyl groups is 1. The molecular formula is C21H29N2O2+. The van der Waals surface area contributed by atoms with Crippen LogP contribution in [0.3, 0.4) is 0 Å². The third-order valence-corrected chi connectivity index (χ3v) is 4.53. The maximum Gasteiger partial charge on any atom is 0.251 e. The monoisotopic (exact) mass is 341 g/mol. The fraction of sp³-hybridized carbons (Fsp3) is 0.381. The minimum Gasteiger partial charge on any atom is -0.507 e. The summed E-state index contributed by atoms with van der Waals surface area (Å²) < 4.78 is 0. The van der Waals surface area contributed by atoms with Crippen molar-refractivity contribution in [3.8, 4) is 5.75 Å². The van der Waals surface area contributed by atoms with Crippen molar-refractivity contribution in [2.45, 2.75) is 39.8 Å². The number of carbonyl (C=O) groups is 1. The van der Waals surface area contributed by atoms with E-state index in [9.17, 15) is 9.90 Å². The zero-order chi connectivity index (χ0) is 18.6. The highest BCUT2D eigenvalue weighted by Crippen LogP contribution is 2.26. The lowest BCUT2D eigenvalue weighted by Crippen LogP contribution is -3.06. The Morgan fingerprint density at radius 1 is 1.16 bits per heavy atom. The van der Waals surface area contributed by atoms with Crippen LogP contribution in [0.25, 0.3) is 0 Å². The molecule has 25 heavy (non-hydrogen) atoms. The summed E-state index contributed by atoms with van der Waals surface area (Å²) in [6.45, 7) is 7.98. The van der Waals surface area contributed by atoms with Crippen molar-refractivity contribution in [3.63, 3.8) is 0 Å². The molecule has 0 aliphatic carbocycles. The van der Waals surface area contributed by atoms with Crippen molar-refractivity contribution in [1.82, 2.24) is 5.32 Å². The molecule has 0 aliphatic rings. The fourth-order valence-electron chi connectivity index (χ4n) is 3.17. The first-order valence-corrected chi connectivity index (χ1v) is 8.76. The summed E-state index contributed by atoms with van der Waals surface area (Å²) in [5.74, 6) is 0.742. The highest BCUT2D eigenvalue weighted by atomic mass is 16.3. The topological polar surface area (TPSA) is 53.8 Å². The van der Waals surface area contributed by atoms with Crippen molar-refractivity contribution in [1.29, 1.82) is 0 Å². The van der Waals surface area contributed by atoms with Gasteiger partial charge in [-0.3, -0.25) is 4.79 Å². The standard InChI is InChI=1S/C21H28N2O2/c1-14(2)19-11-18(20(24)10-15(19)3)13-23(5)12-16-6-8-17(9-7-16)21(25)22-4/h6-11,14,24H,12-13H2,1-5H3,(H,22,25)/p+1. The quantitative estimate of drug-likeness (QED) is 0.756. The zero-order valence-corrected chi connectivity index (χ0v) is 15.8. The Kier molecular flexibility index (Phi) is 6.21. The van der Waals surface area contributed by atoms with Gasteiger partial charge < -0.3 is 15.3 Å². The summed E-state index contributed by atoms with van der Waals surface area (Å²) in [5.41, 5.74) is 5.24. The van der Waals surface area contributed by atoms with Gasteiger partial charge >= 0.3 is 0 Å². The maximum absolute atomic E-state index is 11.6. The summed E-state index contributed by atoms with van der Waals surface area (Å²) >= 11 is 0. The first-order chi connectivity index (χ1) is 11.8. The van der Waals surface area contributed by atoms with Crippen molar-refractivity contribution in [3.05, 3.63) is 64.2 Å². The number of phenolic OH excluding ortho intramolecular Hbond substituents is 1. The van der Waals surface area contributed by atoms with E-state index >= 15 is 0 Å². The molecule has 3 N–H and O–H groups in total. The normalized spacial score (nSPS) is 12.2. The second-order valence-electron chi connectivity index (χ2n) is 7.08. The van der Waals surface area contributed by atoms with Crippen molar-refractivity contribution < 1.29 is 14.8 Å². The summed E-state index contributed by atoms with van der Waals surface area (Å²) in [5, 5.41) is 12.9. The van der Waals surface area contributed by atoms with E-state index in [0.29, 0.717) is 17.2 Å². The van der Waals surface area contributed by atoms with Crippen LogP contribution >= 0.6 is 0 Å². The molecule has 0 fully saturated rings. The number of rotatable bonds is 6. The van der Waals surface area contributed by atoms with Crippen LogP contribution in [-0.4, -0.2) is 25.1 Å². The van der Waals surface area contributed by atoms with Gasteiger partial charge in [0.2, 0.25) is 0 Å². The van der Waals surface area contributed by atoms with Crippen molar-refractivity contribution >= 4 is 5.91 Å². The third-order valence-electron chi connectivity index (χ3n) is 4.53. The van der Waals surface area contributed by atoms with E-state index in [2.05, 4.69) is 32.3 Å². The molecule has 4 heteroatoms. The zero-order valence-electron chi connectivity index (χ0n) is 15.8. The minimum atomic E-state index is -0.0713. The number of aryl methyl sites for hydroxylation is 1. The molecule has 0 saturated heterocycles. The number of hydrogen-bond donors (Lipinski definition) is 3.